The van der Waals surface area contributed by atoms with E-state index in [0.717, 1.165) is 44.5 Å². The Morgan fingerprint density at radius 2 is 2.00 bits per heavy atom. The molecule has 21 heavy (non-hydrogen) atoms. The molecule has 1 unspecified atom stereocenters. The van der Waals surface area contributed by atoms with E-state index in [1.165, 1.54) is 10.9 Å². The predicted octanol–water partition coefficient (Wildman–Crippen LogP) is 3.57. The first-order valence-corrected chi connectivity index (χ1v) is 7.99. The summed E-state index contributed by atoms with van der Waals surface area (Å²) in [7, 11) is 0. The molecule has 1 atom stereocenters. The zero-order chi connectivity index (χ0) is 14.9. The van der Waals surface area contributed by atoms with Gasteiger partial charge in [-0.1, -0.05) is 32.0 Å². The second-order valence-electron chi connectivity index (χ2n) is 5.35. The Hall–Kier alpha value is -1.45. The quantitative estimate of drug-likeness (QED) is 0.716. The molecule has 0 saturated carbocycles. The Morgan fingerprint density at radius 3 is 2.81 bits per heavy atom. The van der Waals surface area contributed by atoms with Crippen molar-refractivity contribution in [1.82, 2.24) is 10.3 Å². The van der Waals surface area contributed by atoms with Crippen LogP contribution in [0.25, 0.3) is 10.9 Å². The molecule has 0 radical (unpaired) electrons. The third-order valence-electron chi connectivity index (χ3n) is 3.66. The number of ether oxygens (including phenoxy) is 1. The topological polar surface area (TPSA) is 34.1 Å². The first-order valence-electron chi connectivity index (χ1n) is 7.99. The van der Waals surface area contributed by atoms with Crippen molar-refractivity contribution in [3.8, 4) is 0 Å². The molecule has 1 aromatic heterocycles. The number of benzene rings is 1. The maximum Gasteiger partial charge on any atom is 0.0704 e. The number of aromatic nitrogens is 1. The smallest absolute Gasteiger partial charge is 0.0704 e. The van der Waals surface area contributed by atoms with E-state index >= 15 is 0 Å². The number of fused-ring (bicyclic) bond motifs is 1. The van der Waals surface area contributed by atoms with E-state index in [0.29, 0.717) is 6.04 Å². The van der Waals surface area contributed by atoms with Crippen LogP contribution in [-0.4, -0.2) is 30.8 Å². The molecule has 0 fully saturated rings. The fraction of sp³-hybridized carbons (Fsp3) is 0.500. The van der Waals surface area contributed by atoms with E-state index in [-0.39, 0.29) is 0 Å². The Balaban J connectivity index is 2.04. The first-order chi connectivity index (χ1) is 10.3. The summed E-state index contributed by atoms with van der Waals surface area (Å²) < 4.78 is 5.63. The first kappa shape index (κ1) is 15.9. The largest absolute Gasteiger partial charge is 0.381 e. The Bertz CT molecular complexity index is 536. The van der Waals surface area contributed by atoms with Gasteiger partial charge in [0.1, 0.15) is 0 Å². The summed E-state index contributed by atoms with van der Waals surface area (Å²) in [5, 5.41) is 4.83. The van der Waals surface area contributed by atoms with Crippen molar-refractivity contribution < 1.29 is 4.74 Å². The zero-order valence-corrected chi connectivity index (χ0v) is 13.1. The van der Waals surface area contributed by atoms with Crippen molar-refractivity contribution in [2.75, 3.05) is 19.8 Å². The lowest BCUT2D eigenvalue weighted by Crippen LogP contribution is -2.32. The fourth-order valence-corrected chi connectivity index (χ4v) is 2.64. The molecule has 3 nitrogen and oxygen atoms in total. The number of nitrogens with one attached hydrogen (secondary N) is 1. The molecule has 0 spiro atoms. The summed E-state index contributed by atoms with van der Waals surface area (Å²) in [4.78, 5) is 4.44. The van der Waals surface area contributed by atoms with Crippen LogP contribution in [0.15, 0.2) is 36.5 Å². The van der Waals surface area contributed by atoms with Crippen LogP contribution in [0, 0.1) is 0 Å². The third-order valence-corrected chi connectivity index (χ3v) is 3.66. The van der Waals surface area contributed by atoms with Gasteiger partial charge in [-0.25, -0.2) is 0 Å². The van der Waals surface area contributed by atoms with Crippen LogP contribution in [0.4, 0.5) is 0 Å². The van der Waals surface area contributed by atoms with Gasteiger partial charge in [-0.3, -0.25) is 4.98 Å². The molecule has 2 aromatic rings. The molecule has 0 aliphatic rings. The Kier molecular flexibility index (Phi) is 6.64. The van der Waals surface area contributed by atoms with E-state index in [1.54, 1.807) is 0 Å². The lowest BCUT2D eigenvalue weighted by atomic mass is 10.00. The molecule has 1 N–H and O–H groups in total. The average Bonchev–Trinajstić information content (AvgIpc) is 2.52. The minimum Gasteiger partial charge on any atom is -0.381 e. The number of pyridine rings is 1. The number of hydrogen-bond acceptors (Lipinski definition) is 3. The number of para-hydroxylation sites is 1. The lowest BCUT2D eigenvalue weighted by Gasteiger charge is -2.19. The van der Waals surface area contributed by atoms with E-state index in [1.807, 2.05) is 12.3 Å². The van der Waals surface area contributed by atoms with E-state index < -0.39 is 0 Å². The summed E-state index contributed by atoms with van der Waals surface area (Å²) in [5.41, 5.74) is 2.44. The number of rotatable bonds is 9. The van der Waals surface area contributed by atoms with Gasteiger partial charge in [0, 0.05) is 30.8 Å². The zero-order valence-electron chi connectivity index (χ0n) is 13.1. The molecule has 114 valence electrons. The van der Waals surface area contributed by atoms with E-state index in [9.17, 15) is 0 Å². The van der Waals surface area contributed by atoms with Crippen molar-refractivity contribution in [2.45, 2.75) is 39.2 Å². The van der Waals surface area contributed by atoms with Gasteiger partial charge >= 0.3 is 0 Å². The summed E-state index contributed by atoms with van der Waals surface area (Å²) >= 11 is 0. The SMILES string of the molecule is CCCOCCC(Cc1ccnc2ccccc12)NCC. The van der Waals surface area contributed by atoms with Crippen LogP contribution in [0.2, 0.25) is 0 Å². The van der Waals surface area contributed by atoms with Crippen molar-refractivity contribution in [3.63, 3.8) is 0 Å². The van der Waals surface area contributed by atoms with Gasteiger partial charge in [-0.05, 0) is 43.5 Å². The predicted molar refractivity (Wildman–Crippen MR) is 88.6 cm³/mol. The van der Waals surface area contributed by atoms with Gasteiger partial charge in [-0.2, -0.15) is 0 Å². The molecule has 0 aliphatic carbocycles. The minimum atomic E-state index is 0.456. The second-order valence-corrected chi connectivity index (χ2v) is 5.35. The van der Waals surface area contributed by atoms with Gasteiger partial charge in [0.2, 0.25) is 0 Å². The molecular weight excluding hydrogens is 260 g/mol. The van der Waals surface area contributed by atoms with Crippen LogP contribution in [0.3, 0.4) is 0 Å². The Labute approximate surface area is 127 Å². The maximum atomic E-state index is 5.63. The van der Waals surface area contributed by atoms with E-state index in [4.69, 9.17) is 4.74 Å². The van der Waals surface area contributed by atoms with Gasteiger partial charge in [0.25, 0.3) is 0 Å². The minimum absolute atomic E-state index is 0.456. The molecule has 0 saturated heterocycles. The van der Waals surface area contributed by atoms with Crippen LogP contribution in [-0.2, 0) is 11.2 Å². The van der Waals surface area contributed by atoms with Crippen molar-refractivity contribution in [3.05, 3.63) is 42.1 Å². The monoisotopic (exact) mass is 286 g/mol. The van der Waals surface area contributed by atoms with Crippen LogP contribution in [0.1, 0.15) is 32.3 Å². The van der Waals surface area contributed by atoms with Crippen LogP contribution in [0.5, 0.6) is 0 Å². The second kappa shape index (κ2) is 8.75. The molecule has 1 aromatic carbocycles. The van der Waals surface area contributed by atoms with Crippen molar-refractivity contribution >= 4 is 10.9 Å². The van der Waals surface area contributed by atoms with Crippen LogP contribution >= 0.6 is 0 Å². The lowest BCUT2D eigenvalue weighted by molar-refractivity contribution is 0.124. The highest BCUT2D eigenvalue weighted by atomic mass is 16.5. The highest BCUT2D eigenvalue weighted by Gasteiger charge is 2.10. The fourth-order valence-electron chi connectivity index (χ4n) is 2.64. The van der Waals surface area contributed by atoms with Gasteiger partial charge < -0.3 is 10.1 Å². The third kappa shape index (κ3) is 4.80. The maximum absolute atomic E-state index is 5.63. The van der Waals surface area contributed by atoms with Gasteiger partial charge in [0.15, 0.2) is 0 Å². The number of likely N-dealkylation sites (N-methyl/N-ethyl adjacent to an activating group) is 1. The summed E-state index contributed by atoms with van der Waals surface area (Å²) in [6.45, 7) is 6.97. The average molecular weight is 286 g/mol. The van der Waals surface area contributed by atoms with Crippen molar-refractivity contribution in [1.29, 1.82) is 0 Å². The van der Waals surface area contributed by atoms with Crippen LogP contribution < -0.4 is 5.32 Å². The molecule has 3 heteroatoms. The summed E-state index contributed by atoms with van der Waals surface area (Å²) in [6.07, 6.45) is 5.06. The molecule has 0 bridgehead atoms. The summed E-state index contributed by atoms with van der Waals surface area (Å²) in [6, 6.07) is 11.0. The molecule has 2 rings (SSSR count). The molecule has 0 aliphatic heterocycles. The molecule has 0 amide bonds. The van der Waals surface area contributed by atoms with Gasteiger partial charge in [0.05, 0.1) is 5.52 Å². The number of hydrogen-bond donors (Lipinski definition) is 1. The standard InChI is InChI=1S/C18H26N2O/c1-3-12-21-13-10-16(19-4-2)14-15-9-11-20-18-8-6-5-7-17(15)18/h5-9,11,16,19H,3-4,10,12-14H2,1-2H3. The van der Waals surface area contributed by atoms with Gasteiger partial charge in [-0.15, -0.1) is 0 Å². The highest BCUT2D eigenvalue weighted by Crippen LogP contribution is 2.18. The normalized spacial score (nSPS) is 12.7. The Morgan fingerprint density at radius 1 is 1.14 bits per heavy atom. The summed E-state index contributed by atoms with van der Waals surface area (Å²) in [5.74, 6) is 0. The number of nitrogens with zero attached hydrogens (tertiary/aromatic N) is 1. The highest BCUT2D eigenvalue weighted by molar-refractivity contribution is 5.81. The molecule has 1 heterocycles. The van der Waals surface area contributed by atoms with E-state index in [2.05, 4.69) is 48.4 Å². The molecular formula is C18H26N2O. The van der Waals surface area contributed by atoms with Crippen molar-refractivity contribution in [2.24, 2.45) is 0 Å².